The van der Waals surface area contributed by atoms with Gasteiger partial charge in [0.2, 0.25) is 0 Å². The number of carbonyl (C=O) groups is 1. The number of methoxy groups -OCH3 is 2. The van der Waals surface area contributed by atoms with Crippen molar-refractivity contribution in [3.8, 4) is 11.5 Å². The van der Waals surface area contributed by atoms with Gasteiger partial charge in [-0.25, -0.2) is 0 Å². The molecule has 0 atom stereocenters. The summed E-state index contributed by atoms with van der Waals surface area (Å²) >= 11 is 0. The largest absolute Gasteiger partial charge is 0.493 e. The average molecular weight is 342 g/mol. The molecule has 1 aliphatic heterocycles. The molecule has 1 fully saturated rings. The standard InChI is InChI=1S/C18H22N4O3/c1-13-10-17(20-19-12-13)21-6-8-22(9-7-21)18(23)14-4-5-15(24-2)16(11-14)25-3/h4-5,10-12H,6-9H2,1-3H3. The third kappa shape index (κ3) is 3.65. The second-order valence-corrected chi connectivity index (χ2v) is 5.94. The molecular weight excluding hydrogens is 320 g/mol. The Bertz CT molecular complexity index is 758. The van der Waals surface area contributed by atoms with Gasteiger partial charge in [0.05, 0.1) is 20.4 Å². The summed E-state index contributed by atoms with van der Waals surface area (Å²) in [7, 11) is 3.14. The number of hydrogen-bond acceptors (Lipinski definition) is 6. The number of aromatic nitrogens is 2. The van der Waals surface area contributed by atoms with Gasteiger partial charge in [0.15, 0.2) is 17.3 Å². The number of hydrogen-bond donors (Lipinski definition) is 0. The zero-order chi connectivity index (χ0) is 17.8. The first kappa shape index (κ1) is 17.0. The number of amides is 1. The average Bonchev–Trinajstić information content (AvgIpc) is 2.67. The lowest BCUT2D eigenvalue weighted by Gasteiger charge is -2.35. The van der Waals surface area contributed by atoms with Crippen molar-refractivity contribution in [1.29, 1.82) is 0 Å². The number of aryl methyl sites for hydroxylation is 1. The first-order valence-corrected chi connectivity index (χ1v) is 8.18. The van der Waals surface area contributed by atoms with Crippen LogP contribution in [0.2, 0.25) is 0 Å². The van der Waals surface area contributed by atoms with Gasteiger partial charge in [-0.1, -0.05) is 0 Å². The van der Waals surface area contributed by atoms with Gasteiger partial charge in [-0.15, -0.1) is 5.10 Å². The number of nitrogens with zero attached hydrogens (tertiary/aromatic N) is 4. The number of piperazine rings is 1. The van der Waals surface area contributed by atoms with E-state index in [1.54, 1.807) is 38.6 Å². The highest BCUT2D eigenvalue weighted by Gasteiger charge is 2.23. The van der Waals surface area contributed by atoms with Crippen LogP contribution in [0.3, 0.4) is 0 Å². The van der Waals surface area contributed by atoms with Crippen molar-refractivity contribution in [2.24, 2.45) is 0 Å². The molecule has 1 aliphatic rings. The number of rotatable bonds is 4. The maximum absolute atomic E-state index is 12.7. The highest BCUT2D eigenvalue weighted by Crippen LogP contribution is 2.28. The fourth-order valence-electron chi connectivity index (χ4n) is 2.89. The second kappa shape index (κ2) is 7.38. The molecule has 0 saturated carbocycles. The molecular formula is C18H22N4O3. The van der Waals surface area contributed by atoms with Gasteiger partial charge in [0, 0.05) is 31.7 Å². The van der Waals surface area contributed by atoms with Gasteiger partial charge < -0.3 is 19.3 Å². The van der Waals surface area contributed by atoms with Crippen LogP contribution in [0, 0.1) is 6.92 Å². The van der Waals surface area contributed by atoms with Crippen molar-refractivity contribution in [2.45, 2.75) is 6.92 Å². The van der Waals surface area contributed by atoms with Crippen LogP contribution in [0.1, 0.15) is 15.9 Å². The highest BCUT2D eigenvalue weighted by molar-refractivity contribution is 5.95. The van der Waals surface area contributed by atoms with Crippen LogP contribution in [-0.2, 0) is 0 Å². The summed E-state index contributed by atoms with van der Waals surface area (Å²) < 4.78 is 10.5. The van der Waals surface area contributed by atoms with E-state index in [1.807, 2.05) is 17.9 Å². The van der Waals surface area contributed by atoms with Crippen molar-refractivity contribution in [3.05, 3.63) is 41.6 Å². The predicted octanol–water partition coefficient (Wildman–Crippen LogP) is 1.76. The second-order valence-electron chi connectivity index (χ2n) is 5.94. The molecule has 1 aromatic carbocycles. The lowest BCUT2D eigenvalue weighted by molar-refractivity contribution is 0.0746. The smallest absolute Gasteiger partial charge is 0.254 e. The van der Waals surface area contributed by atoms with Gasteiger partial charge in [-0.2, -0.15) is 5.10 Å². The molecule has 0 bridgehead atoms. The van der Waals surface area contributed by atoms with Crippen LogP contribution in [0.15, 0.2) is 30.5 Å². The van der Waals surface area contributed by atoms with Crippen molar-refractivity contribution in [2.75, 3.05) is 45.3 Å². The molecule has 0 aliphatic carbocycles. The Balaban J connectivity index is 1.67. The lowest BCUT2D eigenvalue weighted by atomic mass is 10.1. The van der Waals surface area contributed by atoms with Crippen LogP contribution in [-0.4, -0.2) is 61.4 Å². The third-order valence-corrected chi connectivity index (χ3v) is 4.30. The molecule has 1 aromatic heterocycles. The van der Waals surface area contributed by atoms with Gasteiger partial charge in [-0.3, -0.25) is 4.79 Å². The van der Waals surface area contributed by atoms with Crippen molar-refractivity contribution >= 4 is 11.7 Å². The minimum Gasteiger partial charge on any atom is -0.493 e. The molecule has 1 saturated heterocycles. The first-order chi connectivity index (χ1) is 12.1. The fraction of sp³-hybridized carbons (Fsp3) is 0.389. The Labute approximate surface area is 147 Å². The Morgan fingerprint density at radius 1 is 1.04 bits per heavy atom. The summed E-state index contributed by atoms with van der Waals surface area (Å²) in [5, 5.41) is 8.17. The minimum absolute atomic E-state index is 0.00377. The Kier molecular flexibility index (Phi) is 5.02. The lowest BCUT2D eigenvalue weighted by Crippen LogP contribution is -2.49. The van der Waals surface area contributed by atoms with E-state index in [0.29, 0.717) is 30.2 Å². The van der Waals surface area contributed by atoms with Crippen LogP contribution < -0.4 is 14.4 Å². The Hall–Kier alpha value is -2.83. The van der Waals surface area contributed by atoms with Gasteiger partial charge in [0.25, 0.3) is 5.91 Å². The van der Waals surface area contributed by atoms with Crippen molar-refractivity contribution in [1.82, 2.24) is 15.1 Å². The van der Waals surface area contributed by atoms with E-state index < -0.39 is 0 Å². The number of ether oxygens (including phenoxy) is 2. The van der Waals surface area contributed by atoms with Crippen LogP contribution >= 0.6 is 0 Å². The maximum atomic E-state index is 12.7. The highest BCUT2D eigenvalue weighted by atomic mass is 16.5. The van der Waals surface area contributed by atoms with Crippen LogP contribution in [0.25, 0.3) is 0 Å². The third-order valence-electron chi connectivity index (χ3n) is 4.30. The molecule has 25 heavy (non-hydrogen) atoms. The number of benzene rings is 1. The summed E-state index contributed by atoms with van der Waals surface area (Å²) in [4.78, 5) is 16.7. The van der Waals surface area contributed by atoms with Gasteiger partial charge in [0.1, 0.15) is 0 Å². The molecule has 0 radical (unpaired) electrons. The van der Waals surface area contributed by atoms with E-state index in [0.717, 1.165) is 24.5 Å². The predicted molar refractivity (Wildman–Crippen MR) is 94.4 cm³/mol. The van der Waals surface area contributed by atoms with E-state index in [2.05, 4.69) is 15.1 Å². The van der Waals surface area contributed by atoms with Crippen LogP contribution in [0.4, 0.5) is 5.82 Å². The Morgan fingerprint density at radius 3 is 2.40 bits per heavy atom. The molecule has 2 heterocycles. The summed E-state index contributed by atoms with van der Waals surface area (Å²) in [5.74, 6) is 2.03. The van der Waals surface area contributed by atoms with E-state index >= 15 is 0 Å². The monoisotopic (exact) mass is 342 g/mol. The molecule has 7 nitrogen and oxygen atoms in total. The van der Waals surface area contributed by atoms with Crippen molar-refractivity contribution in [3.63, 3.8) is 0 Å². The molecule has 2 aromatic rings. The topological polar surface area (TPSA) is 67.8 Å². The molecule has 0 unspecified atom stereocenters. The summed E-state index contributed by atoms with van der Waals surface area (Å²) in [6.07, 6.45) is 1.74. The van der Waals surface area contributed by atoms with E-state index in [1.165, 1.54) is 0 Å². The zero-order valence-electron chi connectivity index (χ0n) is 14.7. The molecule has 0 N–H and O–H groups in total. The molecule has 132 valence electrons. The number of anilines is 1. The molecule has 1 amide bonds. The molecule has 7 heteroatoms. The Morgan fingerprint density at radius 2 is 1.76 bits per heavy atom. The summed E-state index contributed by atoms with van der Waals surface area (Å²) in [5.41, 5.74) is 1.68. The summed E-state index contributed by atoms with van der Waals surface area (Å²) in [6, 6.07) is 7.26. The van der Waals surface area contributed by atoms with E-state index in [4.69, 9.17) is 9.47 Å². The fourth-order valence-corrected chi connectivity index (χ4v) is 2.89. The van der Waals surface area contributed by atoms with E-state index in [-0.39, 0.29) is 5.91 Å². The van der Waals surface area contributed by atoms with Gasteiger partial charge in [-0.05, 0) is 36.8 Å². The molecule has 0 spiro atoms. The van der Waals surface area contributed by atoms with Crippen molar-refractivity contribution < 1.29 is 14.3 Å². The first-order valence-electron chi connectivity index (χ1n) is 8.18. The number of carbonyl (C=O) groups excluding carboxylic acids is 1. The quantitative estimate of drug-likeness (QED) is 0.843. The molecule has 3 rings (SSSR count). The van der Waals surface area contributed by atoms with Crippen LogP contribution in [0.5, 0.6) is 11.5 Å². The van der Waals surface area contributed by atoms with E-state index in [9.17, 15) is 4.79 Å². The van der Waals surface area contributed by atoms with Gasteiger partial charge >= 0.3 is 0 Å². The normalized spacial score (nSPS) is 14.4. The zero-order valence-corrected chi connectivity index (χ0v) is 14.7. The SMILES string of the molecule is COc1ccc(C(=O)N2CCN(c3cc(C)cnn3)CC2)cc1OC. The maximum Gasteiger partial charge on any atom is 0.254 e. The summed E-state index contributed by atoms with van der Waals surface area (Å²) in [6.45, 7) is 4.74. The minimum atomic E-state index is -0.00377.